The first-order valence-electron chi connectivity index (χ1n) is 4.34. The molecule has 0 radical (unpaired) electrons. The Labute approximate surface area is 85.5 Å². The van der Waals surface area contributed by atoms with Gasteiger partial charge in [0.2, 0.25) is 0 Å². The van der Waals surface area contributed by atoms with Crippen molar-refractivity contribution in [3.8, 4) is 0 Å². The lowest BCUT2D eigenvalue weighted by Gasteiger charge is -1.99. The van der Waals surface area contributed by atoms with Crippen molar-refractivity contribution in [2.24, 2.45) is 0 Å². The van der Waals surface area contributed by atoms with E-state index in [0.717, 1.165) is 0 Å². The summed E-state index contributed by atoms with van der Waals surface area (Å²) >= 11 is 0. The lowest BCUT2D eigenvalue weighted by atomic mass is 10.3. The molecule has 0 bridgehead atoms. The third kappa shape index (κ3) is 1.69. The van der Waals surface area contributed by atoms with Gasteiger partial charge in [0.25, 0.3) is 5.91 Å². The Bertz CT molecular complexity index is 472. The second kappa shape index (κ2) is 3.49. The van der Waals surface area contributed by atoms with E-state index >= 15 is 0 Å². The van der Waals surface area contributed by atoms with E-state index in [1.54, 1.807) is 19.1 Å². The normalized spacial score (nSPS) is 10.2. The number of nitrogen functional groups attached to an aromatic ring is 1. The zero-order chi connectivity index (χ0) is 10.8. The molecule has 0 unspecified atom stereocenters. The van der Waals surface area contributed by atoms with Gasteiger partial charge in [-0.05, 0) is 19.1 Å². The number of rotatable bonds is 2. The highest BCUT2D eigenvalue weighted by Crippen LogP contribution is 2.18. The highest BCUT2D eigenvalue weighted by atomic mass is 16.3. The molecule has 6 heteroatoms. The van der Waals surface area contributed by atoms with Crippen molar-refractivity contribution in [2.75, 3.05) is 11.1 Å². The highest BCUT2D eigenvalue weighted by molar-refractivity contribution is 6.03. The van der Waals surface area contributed by atoms with Gasteiger partial charge < -0.3 is 15.5 Å². The molecular weight excluding hydrogens is 196 g/mol. The summed E-state index contributed by atoms with van der Waals surface area (Å²) in [4.78, 5) is 11.5. The summed E-state index contributed by atoms with van der Waals surface area (Å²) in [5.41, 5.74) is 6.80. The first-order chi connectivity index (χ1) is 7.18. The van der Waals surface area contributed by atoms with Crippen LogP contribution in [0.1, 0.15) is 16.2 Å². The lowest BCUT2D eigenvalue weighted by molar-refractivity contribution is 0.0996. The van der Waals surface area contributed by atoms with E-state index in [4.69, 9.17) is 10.2 Å². The number of nitrogens with zero attached hydrogens (tertiary/aromatic N) is 1. The molecule has 0 saturated heterocycles. The van der Waals surface area contributed by atoms with Crippen LogP contribution in [0.4, 0.5) is 11.5 Å². The van der Waals surface area contributed by atoms with Crippen molar-refractivity contribution < 1.29 is 9.21 Å². The van der Waals surface area contributed by atoms with Gasteiger partial charge in [0.1, 0.15) is 0 Å². The summed E-state index contributed by atoms with van der Waals surface area (Å²) < 4.78 is 4.92. The fourth-order valence-corrected chi connectivity index (χ4v) is 1.11. The van der Waals surface area contributed by atoms with Crippen LogP contribution in [0.5, 0.6) is 0 Å². The highest BCUT2D eigenvalue weighted by Gasteiger charge is 2.13. The zero-order valence-electron chi connectivity index (χ0n) is 8.07. The van der Waals surface area contributed by atoms with Gasteiger partial charge in [-0.1, -0.05) is 0 Å². The molecule has 78 valence electrons. The van der Waals surface area contributed by atoms with E-state index < -0.39 is 0 Å². The maximum absolute atomic E-state index is 11.5. The fraction of sp³-hybridized carbons (Fsp3) is 0.111. The SMILES string of the molecule is Cc1[nH]nc(NC(=O)c2ccco2)c1N. The summed E-state index contributed by atoms with van der Waals surface area (Å²) in [6.45, 7) is 1.77. The molecule has 4 N–H and O–H groups in total. The molecular formula is C9H10N4O2. The smallest absolute Gasteiger partial charge is 0.292 e. The number of aromatic amines is 1. The summed E-state index contributed by atoms with van der Waals surface area (Å²) in [6.07, 6.45) is 1.42. The molecule has 0 fully saturated rings. The minimum Gasteiger partial charge on any atom is -0.459 e. The molecule has 2 heterocycles. The van der Waals surface area contributed by atoms with Crippen molar-refractivity contribution in [3.63, 3.8) is 0 Å². The van der Waals surface area contributed by atoms with Gasteiger partial charge in [-0.25, -0.2) is 0 Å². The van der Waals surface area contributed by atoms with Crippen LogP contribution in [0.2, 0.25) is 0 Å². The van der Waals surface area contributed by atoms with Gasteiger partial charge in [0.05, 0.1) is 17.6 Å². The summed E-state index contributed by atoms with van der Waals surface area (Å²) in [5.74, 6) is 0.155. The Kier molecular flexibility index (Phi) is 2.17. The number of nitrogens with one attached hydrogen (secondary N) is 2. The minimum atomic E-state index is -0.377. The molecule has 0 atom stereocenters. The van der Waals surface area contributed by atoms with Crippen LogP contribution in [0.3, 0.4) is 0 Å². The molecule has 0 spiro atoms. The third-order valence-electron chi connectivity index (χ3n) is 1.97. The van der Waals surface area contributed by atoms with Crippen molar-refractivity contribution in [1.82, 2.24) is 10.2 Å². The molecule has 0 aliphatic rings. The van der Waals surface area contributed by atoms with E-state index in [1.807, 2.05) is 0 Å². The van der Waals surface area contributed by atoms with Gasteiger partial charge >= 0.3 is 0 Å². The maximum atomic E-state index is 11.5. The van der Waals surface area contributed by atoms with Crippen LogP contribution in [0.15, 0.2) is 22.8 Å². The van der Waals surface area contributed by atoms with Crippen LogP contribution in [-0.2, 0) is 0 Å². The number of amides is 1. The molecule has 6 nitrogen and oxygen atoms in total. The summed E-state index contributed by atoms with van der Waals surface area (Å²) in [6, 6.07) is 3.19. The number of H-pyrrole nitrogens is 1. The van der Waals surface area contributed by atoms with Crippen molar-refractivity contribution >= 4 is 17.4 Å². The molecule has 2 aromatic rings. The predicted molar refractivity (Wildman–Crippen MR) is 54.4 cm³/mol. The molecule has 1 amide bonds. The van der Waals surface area contributed by atoms with Crippen molar-refractivity contribution in [3.05, 3.63) is 29.9 Å². The maximum Gasteiger partial charge on any atom is 0.292 e. The molecule has 0 saturated carbocycles. The largest absolute Gasteiger partial charge is 0.459 e. The quantitative estimate of drug-likeness (QED) is 0.686. The van der Waals surface area contributed by atoms with Gasteiger partial charge in [-0.3, -0.25) is 9.89 Å². The van der Waals surface area contributed by atoms with E-state index in [2.05, 4.69) is 15.5 Å². The first kappa shape index (κ1) is 9.32. The van der Waals surface area contributed by atoms with Crippen LogP contribution >= 0.6 is 0 Å². The second-order valence-corrected chi connectivity index (χ2v) is 3.04. The molecule has 15 heavy (non-hydrogen) atoms. The molecule has 2 rings (SSSR count). The van der Waals surface area contributed by atoms with E-state index in [0.29, 0.717) is 17.2 Å². The van der Waals surface area contributed by atoms with Crippen LogP contribution in [0, 0.1) is 6.92 Å². The van der Waals surface area contributed by atoms with Gasteiger partial charge in [-0.2, -0.15) is 5.10 Å². The minimum absolute atomic E-state index is 0.218. The number of anilines is 2. The van der Waals surface area contributed by atoms with Crippen LogP contribution in [-0.4, -0.2) is 16.1 Å². The number of furan rings is 1. The average molecular weight is 206 g/mol. The summed E-state index contributed by atoms with van der Waals surface area (Å²) in [7, 11) is 0. The predicted octanol–water partition coefficient (Wildman–Crippen LogP) is 1.15. The van der Waals surface area contributed by atoms with Gasteiger partial charge in [-0.15, -0.1) is 0 Å². The van der Waals surface area contributed by atoms with Gasteiger partial charge in [0, 0.05) is 0 Å². The standard InChI is InChI=1S/C9H10N4O2/c1-5-7(10)8(13-12-5)11-9(14)6-3-2-4-15-6/h2-4H,10H2,1H3,(H2,11,12,13,14). The summed E-state index contributed by atoms with van der Waals surface area (Å²) in [5, 5.41) is 9.04. The number of carbonyl (C=O) groups is 1. The zero-order valence-corrected chi connectivity index (χ0v) is 8.07. The Balaban J connectivity index is 2.16. The van der Waals surface area contributed by atoms with E-state index in [1.165, 1.54) is 6.26 Å². The fourth-order valence-electron chi connectivity index (χ4n) is 1.11. The lowest BCUT2D eigenvalue weighted by Crippen LogP contribution is -2.12. The number of carbonyl (C=O) groups excluding carboxylic acids is 1. The van der Waals surface area contributed by atoms with E-state index in [-0.39, 0.29) is 11.7 Å². The molecule has 0 aliphatic carbocycles. The van der Waals surface area contributed by atoms with Crippen LogP contribution in [0.25, 0.3) is 0 Å². The Morgan fingerprint density at radius 2 is 2.47 bits per heavy atom. The van der Waals surface area contributed by atoms with Crippen molar-refractivity contribution in [1.29, 1.82) is 0 Å². The number of hydrogen-bond acceptors (Lipinski definition) is 4. The molecule has 2 aromatic heterocycles. The number of nitrogens with two attached hydrogens (primary N) is 1. The monoisotopic (exact) mass is 206 g/mol. The third-order valence-corrected chi connectivity index (χ3v) is 1.97. The first-order valence-corrected chi connectivity index (χ1v) is 4.34. The topological polar surface area (TPSA) is 96.9 Å². The number of hydrogen-bond donors (Lipinski definition) is 3. The second-order valence-electron chi connectivity index (χ2n) is 3.04. The Morgan fingerprint density at radius 1 is 1.67 bits per heavy atom. The number of aromatic nitrogens is 2. The van der Waals surface area contributed by atoms with E-state index in [9.17, 15) is 4.79 Å². The van der Waals surface area contributed by atoms with Gasteiger partial charge in [0.15, 0.2) is 11.6 Å². The number of aryl methyl sites for hydroxylation is 1. The van der Waals surface area contributed by atoms with Crippen molar-refractivity contribution in [2.45, 2.75) is 6.92 Å². The molecule has 0 aromatic carbocycles. The Morgan fingerprint density at radius 3 is 3.00 bits per heavy atom. The average Bonchev–Trinajstić information content (AvgIpc) is 2.83. The molecule has 0 aliphatic heterocycles. The van der Waals surface area contributed by atoms with Crippen LogP contribution < -0.4 is 11.1 Å². The Hall–Kier alpha value is -2.24.